The molecule has 0 aromatic carbocycles. The summed E-state index contributed by atoms with van der Waals surface area (Å²) in [6.45, 7) is 2.22. The van der Waals surface area contributed by atoms with Crippen molar-refractivity contribution in [3.8, 4) is 0 Å². The molecule has 33 heavy (non-hydrogen) atoms. The second kappa shape index (κ2) is 24.0. The summed E-state index contributed by atoms with van der Waals surface area (Å²) in [6, 6.07) is 0. The largest absolute Gasteiger partial charge is 1.00 e. The molecule has 0 aliphatic carbocycles. The molecular formula is C22H40Na2O8S. The molecule has 11 heteroatoms. The van der Waals surface area contributed by atoms with Gasteiger partial charge in [-0.05, 0) is 32.1 Å². The van der Waals surface area contributed by atoms with Crippen LogP contribution in [0.4, 0.5) is 0 Å². The molecule has 0 aliphatic rings. The Bertz CT molecular complexity index is 676. The van der Waals surface area contributed by atoms with Gasteiger partial charge in [0, 0.05) is 6.42 Å². The van der Waals surface area contributed by atoms with E-state index >= 15 is 0 Å². The van der Waals surface area contributed by atoms with E-state index in [-0.39, 0.29) is 68.4 Å². The number of carbonyl (C=O) groups excluding carboxylic acids is 2. The Morgan fingerprint density at radius 2 is 1.30 bits per heavy atom. The third-order valence-electron chi connectivity index (χ3n) is 4.84. The summed E-state index contributed by atoms with van der Waals surface area (Å²) in [4.78, 5) is 33.9. The van der Waals surface area contributed by atoms with Crippen LogP contribution in [-0.4, -0.2) is 41.2 Å². The number of carbonyl (C=O) groups is 3. The van der Waals surface area contributed by atoms with E-state index in [4.69, 9.17) is 9.66 Å². The molecule has 0 fully saturated rings. The van der Waals surface area contributed by atoms with Crippen molar-refractivity contribution in [2.75, 3.05) is 0 Å². The summed E-state index contributed by atoms with van der Waals surface area (Å²) in [6.07, 6.45) is 17.5. The number of allylic oxidation sites excluding steroid dienone is 2. The molecule has 0 saturated heterocycles. The van der Waals surface area contributed by atoms with Gasteiger partial charge in [0.1, 0.15) is 0 Å². The third-order valence-corrected chi connectivity index (χ3v) is 5.92. The molecule has 0 bridgehead atoms. The molecule has 8 nitrogen and oxygen atoms in total. The van der Waals surface area contributed by atoms with Crippen LogP contribution in [0.5, 0.6) is 0 Å². The number of ether oxygens (including phenoxy) is 1. The molecular weight excluding hydrogens is 470 g/mol. The first kappa shape index (κ1) is 37.8. The van der Waals surface area contributed by atoms with Crippen molar-refractivity contribution in [3.63, 3.8) is 0 Å². The van der Waals surface area contributed by atoms with Crippen molar-refractivity contribution >= 4 is 28.0 Å². The van der Waals surface area contributed by atoms with Crippen LogP contribution in [0.15, 0.2) is 12.2 Å². The van der Waals surface area contributed by atoms with Gasteiger partial charge in [-0.1, -0.05) is 70.4 Å². The standard InChI is InChI=1S/C22H38O8S.2Na.2H/c1-2-3-4-5-6-7-8-9-10-11-12-13-14-15-16-17-21(25)30-22(26)19(18-20(23)24)31(27,28)29;;;;/h9-10,19H,2-8,11-18H2,1H3,(H,23,24)(H,27,28,29);;;;/q;2*+1;2*-1. The maximum Gasteiger partial charge on any atom is 1.00 e. The van der Waals surface area contributed by atoms with Gasteiger partial charge >= 0.3 is 77.0 Å². The van der Waals surface area contributed by atoms with Crippen LogP contribution in [0.25, 0.3) is 0 Å². The van der Waals surface area contributed by atoms with Crippen LogP contribution < -0.4 is 59.1 Å². The van der Waals surface area contributed by atoms with E-state index in [0.29, 0.717) is 6.42 Å². The Hall–Kier alpha value is 0.260. The van der Waals surface area contributed by atoms with E-state index in [0.717, 1.165) is 38.5 Å². The number of aliphatic carboxylic acids is 1. The van der Waals surface area contributed by atoms with Crippen molar-refractivity contribution in [1.82, 2.24) is 0 Å². The van der Waals surface area contributed by atoms with Crippen molar-refractivity contribution in [3.05, 3.63) is 12.2 Å². The SMILES string of the molecule is CCCCCCCCC=CCCCCCCCC(=O)OC(=O)C(CC(=O)O)S(=O)(=O)O.[H-].[H-].[Na+].[Na+]. The molecule has 0 rings (SSSR count). The molecule has 0 amide bonds. The van der Waals surface area contributed by atoms with Gasteiger partial charge in [-0.25, -0.2) is 0 Å². The quantitative estimate of drug-likeness (QED) is 0.0568. The fraction of sp³-hybridized carbons (Fsp3) is 0.773. The summed E-state index contributed by atoms with van der Waals surface area (Å²) in [5, 5.41) is 6.31. The Morgan fingerprint density at radius 1 is 0.848 bits per heavy atom. The topological polar surface area (TPSA) is 135 Å². The normalized spacial score (nSPS) is 11.9. The van der Waals surface area contributed by atoms with Crippen LogP contribution in [0.1, 0.15) is 106 Å². The molecule has 0 aromatic rings. The van der Waals surface area contributed by atoms with E-state index < -0.39 is 39.7 Å². The Morgan fingerprint density at radius 3 is 1.76 bits per heavy atom. The molecule has 0 spiro atoms. The van der Waals surface area contributed by atoms with Crippen LogP contribution in [0.2, 0.25) is 0 Å². The summed E-state index contributed by atoms with van der Waals surface area (Å²) in [5.41, 5.74) is 0. The molecule has 1 atom stereocenters. The first-order valence-electron chi connectivity index (χ1n) is 11.3. The van der Waals surface area contributed by atoms with E-state index in [2.05, 4.69) is 23.8 Å². The van der Waals surface area contributed by atoms with Crippen LogP contribution in [-0.2, 0) is 29.2 Å². The Labute approximate surface area is 246 Å². The molecule has 0 radical (unpaired) electrons. The maximum absolute atomic E-state index is 11.6. The van der Waals surface area contributed by atoms with E-state index in [1.165, 1.54) is 38.5 Å². The van der Waals surface area contributed by atoms with Gasteiger partial charge in [-0.3, -0.25) is 18.9 Å². The Kier molecular flexibility index (Phi) is 27.5. The minimum atomic E-state index is -4.97. The number of rotatable bonds is 19. The first-order valence-corrected chi connectivity index (χ1v) is 12.8. The predicted octanol–water partition coefficient (Wildman–Crippen LogP) is -0.942. The second-order valence-electron chi connectivity index (χ2n) is 7.73. The van der Waals surface area contributed by atoms with Crippen LogP contribution >= 0.6 is 0 Å². The van der Waals surface area contributed by atoms with E-state index in [9.17, 15) is 22.8 Å². The molecule has 1 unspecified atom stereocenters. The van der Waals surface area contributed by atoms with Crippen molar-refractivity contribution in [2.45, 2.75) is 108 Å². The number of unbranched alkanes of at least 4 members (excludes halogenated alkanes) is 11. The smallest absolute Gasteiger partial charge is 1.00 e. The minimum absolute atomic E-state index is 0. The van der Waals surface area contributed by atoms with Crippen molar-refractivity contribution in [2.24, 2.45) is 0 Å². The number of hydrogen-bond acceptors (Lipinski definition) is 6. The fourth-order valence-corrected chi connectivity index (χ4v) is 3.68. The van der Waals surface area contributed by atoms with E-state index in [1.54, 1.807) is 0 Å². The first-order chi connectivity index (χ1) is 14.7. The number of carboxylic acids is 1. The third kappa shape index (κ3) is 23.8. The van der Waals surface area contributed by atoms with E-state index in [1.807, 2.05) is 0 Å². The van der Waals surface area contributed by atoms with Crippen molar-refractivity contribution < 1.29 is 99.2 Å². The molecule has 2 N–H and O–H groups in total. The fourth-order valence-electron chi connectivity index (χ4n) is 3.04. The average molecular weight is 511 g/mol. The van der Waals surface area contributed by atoms with Crippen LogP contribution in [0, 0.1) is 0 Å². The van der Waals surface area contributed by atoms with Gasteiger partial charge < -0.3 is 12.7 Å². The molecule has 0 heterocycles. The van der Waals surface area contributed by atoms with Gasteiger partial charge in [-0.15, -0.1) is 0 Å². The monoisotopic (exact) mass is 510 g/mol. The minimum Gasteiger partial charge on any atom is -1.00 e. The molecule has 0 aromatic heterocycles. The number of carboxylic acid groups (broad SMARTS) is 1. The zero-order valence-electron chi connectivity index (χ0n) is 22.6. The van der Waals surface area contributed by atoms with Crippen molar-refractivity contribution in [1.29, 1.82) is 0 Å². The number of esters is 2. The predicted molar refractivity (Wildman–Crippen MR) is 120 cm³/mol. The average Bonchev–Trinajstić information content (AvgIpc) is 2.68. The van der Waals surface area contributed by atoms with Gasteiger partial charge in [0.15, 0.2) is 5.25 Å². The summed E-state index contributed by atoms with van der Waals surface area (Å²) in [7, 11) is -4.97. The zero-order valence-corrected chi connectivity index (χ0v) is 25.4. The summed E-state index contributed by atoms with van der Waals surface area (Å²) in [5.74, 6) is -4.10. The Balaban J connectivity index is -0.000000750. The van der Waals surface area contributed by atoms with Gasteiger partial charge in [-0.2, -0.15) is 8.42 Å². The molecule has 184 valence electrons. The van der Waals surface area contributed by atoms with Gasteiger partial charge in [0.2, 0.25) is 0 Å². The maximum atomic E-state index is 11.6. The summed E-state index contributed by atoms with van der Waals surface area (Å²) >= 11 is 0. The number of hydrogen-bond donors (Lipinski definition) is 2. The molecule has 0 aliphatic heterocycles. The summed E-state index contributed by atoms with van der Waals surface area (Å²) < 4.78 is 35.4. The van der Waals surface area contributed by atoms with Gasteiger partial charge in [0.25, 0.3) is 10.1 Å². The second-order valence-corrected chi connectivity index (χ2v) is 9.33. The zero-order chi connectivity index (χ0) is 23.5. The van der Waals surface area contributed by atoms with Crippen LogP contribution in [0.3, 0.4) is 0 Å². The molecule has 0 saturated carbocycles. The van der Waals surface area contributed by atoms with Gasteiger partial charge in [0.05, 0.1) is 6.42 Å².